The molecule has 34 heavy (non-hydrogen) atoms. The third-order valence-electron chi connectivity index (χ3n) is 6.06. The monoisotopic (exact) mass is 470 g/mol. The number of benzene rings is 2. The van der Waals surface area contributed by atoms with Crippen molar-refractivity contribution in [2.24, 2.45) is 0 Å². The molecule has 0 radical (unpaired) electrons. The van der Waals surface area contributed by atoms with E-state index in [0.29, 0.717) is 30.0 Å². The lowest BCUT2D eigenvalue weighted by atomic mass is 9.93. The molecule has 2 heterocycles. The Labute approximate surface area is 199 Å². The van der Waals surface area contributed by atoms with Crippen molar-refractivity contribution in [2.75, 3.05) is 61.8 Å². The van der Waals surface area contributed by atoms with Crippen LogP contribution in [0, 0.1) is 0 Å². The summed E-state index contributed by atoms with van der Waals surface area (Å²) in [7, 11) is 4.09. The van der Waals surface area contributed by atoms with E-state index in [9.17, 15) is 14.7 Å². The molecule has 184 valence electrons. The molecule has 2 aliphatic heterocycles. The number of anilines is 4. The summed E-state index contributed by atoms with van der Waals surface area (Å²) in [5.74, 6) is -1.83. The molecular weight excluding hydrogens is 436 g/mol. The molecule has 0 bridgehead atoms. The Hall–Kier alpha value is -3.50. The van der Waals surface area contributed by atoms with Crippen LogP contribution in [0.5, 0.6) is 0 Å². The molecule has 0 amide bonds. The normalized spacial score (nSPS) is 15.8. The van der Waals surface area contributed by atoms with Gasteiger partial charge in [0.1, 0.15) is 0 Å². The summed E-state index contributed by atoms with van der Waals surface area (Å²) in [6, 6.07) is 6.44. The van der Waals surface area contributed by atoms with Gasteiger partial charge in [0.05, 0.1) is 24.5 Å². The minimum Gasteiger partial charge on any atom is -0.478 e. The van der Waals surface area contributed by atoms with Crippen LogP contribution in [-0.4, -0.2) is 72.5 Å². The van der Waals surface area contributed by atoms with Crippen LogP contribution < -0.4 is 21.3 Å². The number of fused-ring (bicyclic) bond motifs is 2. The third kappa shape index (κ3) is 5.18. The van der Waals surface area contributed by atoms with Crippen LogP contribution in [0.4, 0.5) is 22.7 Å². The van der Waals surface area contributed by atoms with Gasteiger partial charge in [-0.25, -0.2) is 9.59 Å². The van der Waals surface area contributed by atoms with Gasteiger partial charge in [-0.3, -0.25) is 9.80 Å². The first-order valence-corrected chi connectivity index (χ1v) is 11.2. The van der Waals surface area contributed by atoms with Crippen LogP contribution >= 0.6 is 0 Å². The van der Waals surface area contributed by atoms with Crippen LogP contribution in [0.15, 0.2) is 24.3 Å². The minimum absolute atomic E-state index is 0.113. The molecule has 2 aliphatic rings. The van der Waals surface area contributed by atoms with Crippen LogP contribution in [0.1, 0.15) is 45.7 Å². The highest BCUT2D eigenvalue weighted by Gasteiger charge is 2.32. The molecule has 4 rings (SSSR count). The van der Waals surface area contributed by atoms with Crippen molar-refractivity contribution in [3.05, 3.63) is 46.5 Å². The Bertz CT molecular complexity index is 1030. The quantitative estimate of drug-likeness (QED) is 0.492. The molecule has 0 spiro atoms. The number of hydrogen-bond donors (Lipinski definition) is 4. The first kappa shape index (κ1) is 25.1. The summed E-state index contributed by atoms with van der Waals surface area (Å²) in [4.78, 5) is 31.3. The van der Waals surface area contributed by atoms with Gasteiger partial charge < -0.3 is 31.5 Å². The fourth-order valence-electron chi connectivity index (χ4n) is 4.60. The van der Waals surface area contributed by atoms with Crippen LogP contribution in [-0.2, 0) is 13.1 Å². The number of carboxylic acids is 2. The standard InChI is InChI=1S/C17H26N4O2.C7H8N2O2/c1-5-20-10-18(3)8-12-14(20)7-15-13(16(12)17(22)23)9-19(4)11-21(15)6-2;8-5-1-4(7(10)11)2-6(9)3-5/h7H,5-6,8-11H2,1-4H3,(H,22,23);1-3H,8-9H2,(H,10,11). The number of nitrogen functional groups attached to an aromatic ring is 2. The Morgan fingerprint density at radius 3 is 1.59 bits per heavy atom. The highest BCUT2D eigenvalue weighted by Crippen LogP contribution is 2.40. The van der Waals surface area contributed by atoms with Crippen molar-refractivity contribution in [1.82, 2.24) is 9.80 Å². The van der Waals surface area contributed by atoms with Gasteiger partial charge in [0.25, 0.3) is 0 Å². The Kier molecular flexibility index (Phi) is 7.53. The van der Waals surface area contributed by atoms with Gasteiger partial charge in [-0.05, 0) is 52.2 Å². The first-order chi connectivity index (χ1) is 16.0. The van der Waals surface area contributed by atoms with Crippen molar-refractivity contribution in [3.8, 4) is 0 Å². The number of carboxylic acid groups (broad SMARTS) is 2. The van der Waals surface area contributed by atoms with E-state index in [0.717, 1.165) is 48.9 Å². The SMILES string of the molecule is CCN1CN(C)Cc2c1cc1c(c2C(=O)O)CN(C)CN1CC.Nc1cc(N)cc(C(=O)O)c1. The molecule has 10 nitrogen and oxygen atoms in total. The maximum atomic E-state index is 12.1. The Morgan fingerprint density at radius 2 is 1.24 bits per heavy atom. The van der Waals surface area contributed by atoms with Gasteiger partial charge in [0.15, 0.2) is 0 Å². The fourth-order valence-corrected chi connectivity index (χ4v) is 4.60. The second-order valence-electron chi connectivity index (χ2n) is 8.77. The van der Waals surface area contributed by atoms with E-state index >= 15 is 0 Å². The Morgan fingerprint density at radius 1 is 0.794 bits per heavy atom. The average molecular weight is 471 g/mol. The second-order valence-corrected chi connectivity index (χ2v) is 8.77. The molecule has 0 unspecified atom stereocenters. The van der Waals surface area contributed by atoms with Gasteiger partial charge in [-0.1, -0.05) is 0 Å². The lowest BCUT2D eigenvalue weighted by molar-refractivity contribution is 0.0683. The topological polar surface area (TPSA) is 140 Å². The zero-order chi connectivity index (χ0) is 25.2. The van der Waals surface area contributed by atoms with Gasteiger partial charge in [0.2, 0.25) is 0 Å². The molecule has 0 atom stereocenters. The van der Waals surface area contributed by atoms with E-state index in [-0.39, 0.29) is 5.56 Å². The zero-order valence-electron chi connectivity index (χ0n) is 20.2. The Balaban J connectivity index is 0.000000248. The second kappa shape index (κ2) is 10.2. The summed E-state index contributed by atoms with van der Waals surface area (Å²) in [5.41, 5.74) is 16.1. The molecule has 0 aromatic heterocycles. The van der Waals surface area contributed by atoms with Gasteiger partial charge in [0, 0.05) is 60.1 Å². The van der Waals surface area contributed by atoms with Gasteiger partial charge in [-0.15, -0.1) is 0 Å². The maximum Gasteiger partial charge on any atom is 0.336 e. The minimum atomic E-state index is -1.02. The number of aromatic carboxylic acids is 2. The van der Waals surface area contributed by atoms with E-state index in [1.165, 1.54) is 18.2 Å². The van der Waals surface area contributed by atoms with Crippen LogP contribution in [0.25, 0.3) is 0 Å². The van der Waals surface area contributed by atoms with E-state index in [2.05, 4.69) is 39.5 Å². The molecule has 6 N–H and O–H groups in total. The molecule has 2 aromatic rings. The molecule has 2 aromatic carbocycles. The van der Waals surface area contributed by atoms with Crippen molar-refractivity contribution < 1.29 is 19.8 Å². The first-order valence-electron chi connectivity index (χ1n) is 11.2. The van der Waals surface area contributed by atoms with E-state index in [4.69, 9.17) is 16.6 Å². The van der Waals surface area contributed by atoms with Gasteiger partial charge >= 0.3 is 11.9 Å². The number of nitrogens with two attached hydrogens (primary N) is 2. The largest absolute Gasteiger partial charge is 0.478 e. The van der Waals surface area contributed by atoms with Gasteiger partial charge in [-0.2, -0.15) is 0 Å². The van der Waals surface area contributed by atoms with Crippen molar-refractivity contribution in [2.45, 2.75) is 26.9 Å². The summed E-state index contributed by atoms with van der Waals surface area (Å²) >= 11 is 0. The smallest absolute Gasteiger partial charge is 0.336 e. The lowest BCUT2D eigenvalue weighted by Crippen LogP contribution is -2.44. The predicted octanol–water partition coefficient (Wildman–Crippen LogP) is 2.39. The number of carbonyl (C=O) groups is 2. The number of nitrogens with zero attached hydrogens (tertiary/aromatic N) is 4. The molecule has 0 saturated heterocycles. The number of hydrogen-bond acceptors (Lipinski definition) is 8. The van der Waals surface area contributed by atoms with Crippen LogP contribution in [0.2, 0.25) is 0 Å². The third-order valence-corrected chi connectivity index (χ3v) is 6.06. The summed E-state index contributed by atoms with van der Waals surface area (Å²) in [6.45, 7) is 9.05. The van der Waals surface area contributed by atoms with Crippen molar-refractivity contribution in [1.29, 1.82) is 0 Å². The van der Waals surface area contributed by atoms with Crippen LogP contribution in [0.3, 0.4) is 0 Å². The predicted molar refractivity (Wildman–Crippen MR) is 134 cm³/mol. The molecule has 0 aliphatic carbocycles. The van der Waals surface area contributed by atoms with Crippen molar-refractivity contribution >= 4 is 34.7 Å². The van der Waals surface area contributed by atoms with E-state index in [1.54, 1.807) is 0 Å². The zero-order valence-corrected chi connectivity index (χ0v) is 20.2. The summed E-state index contributed by atoms with van der Waals surface area (Å²) in [5, 5.41) is 18.4. The summed E-state index contributed by atoms with van der Waals surface area (Å²) in [6.07, 6.45) is 0. The highest BCUT2D eigenvalue weighted by molar-refractivity contribution is 5.96. The lowest BCUT2D eigenvalue weighted by Gasteiger charge is -2.42. The average Bonchev–Trinajstić information content (AvgIpc) is 2.76. The molecular formula is C24H34N6O4. The van der Waals surface area contributed by atoms with E-state index < -0.39 is 11.9 Å². The molecule has 0 saturated carbocycles. The van der Waals surface area contributed by atoms with E-state index in [1.807, 2.05) is 14.1 Å². The molecule has 0 fully saturated rings. The molecule has 10 heteroatoms. The fraction of sp³-hybridized carbons (Fsp3) is 0.417. The van der Waals surface area contributed by atoms with Crippen molar-refractivity contribution in [3.63, 3.8) is 0 Å². The summed E-state index contributed by atoms with van der Waals surface area (Å²) < 4.78 is 0. The highest BCUT2D eigenvalue weighted by atomic mass is 16.4. The number of rotatable bonds is 4. The maximum absolute atomic E-state index is 12.1.